The topological polar surface area (TPSA) is 58.6 Å². The minimum Gasteiger partial charge on any atom is -0.507 e. The van der Waals surface area contributed by atoms with Crippen molar-refractivity contribution in [1.82, 2.24) is 5.32 Å². The zero-order valence-electron chi connectivity index (χ0n) is 10.9. The molecule has 0 aliphatic heterocycles. The van der Waals surface area contributed by atoms with E-state index in [1.165, 1.54) is 19.2 Å². The third-order valence-corrected chi connectivity index (χ3v) is 3.34. The Hall–Kier alpha value is -2.01. The molecule has 0 aromatic heterocycles. The van der Waals surface area contributed by atoms with Crippen LogP contribution >= 0.6 is 15.9 Å². The molecule has 2 aromatic rings. The summed E-state index contributed by atoms with van der Waals surface area (Å²) >= 11 is 3.35. The van der Waals surface area contributed by atoms with Gasteiger partial charge in [0, 0.05) is 17.1 Å². The van der Waals surface area contributed by atoms with Crippen LogP contribution in [0.2, 0.25) is 0 Å². The number of halogens is 1. The summed E-state index contributed by atoms with van der Waals surface area (Å²) in [4.78, 5) is 12.0. The molecule has 0 radical (unpaired) electrons. The average molecular weight is 336 g/mol. The number of carbonyl (C=O) groups is 1. The molecule has 4 nitrogen and oxygen atoms in total. The Balaban J connectivity index is 2.03. The van der Waals surface area contributed by atoms with Crippen molar-refractivity contribution in [3.63, 3.8) is 0 Å². The highest BCUT2D eigenvalue weighted by atomic mass is 79.9. The summed E-state index contributed by atoms with van der Waals surface area (Å²) in [5.74, 6) is 0.0812. The highest BCUT2D eigenvalue weighted by Crippen LogP contribution is 2.23. The van der Waals surface area contributed by atoms with Gasteiger partial charge < -0.3 is 15.2 Å². The number of phenols is 1. The lowest BCUT2D eigenvalue weighted by Crippen LogP contribution is -2.22. The normalized spacial score (nSPS) is 10.1. The molecule has 104 valence electrons. The minimum absolute atomic E-state index is 0.0994. The van der Waals surface area contributed by atoms with Crippen molar-refractivity contribution in [3.05, 3.63) is 58.1 Å². The molecule has 0 saturated heterocycles. The van der Waals surface area contributed by atoms with E-state index in [-0.39, 0.29) is 17.2 Å². The smallest absolute Gasteiger partial charge is 0.255 e. The molecule has 0 bridgehead atoms. The maximum absolute atomic E-state index is 12.0. The number of amides is 1. The molecule has 0 fully saturated rings. The van der Waals surface area contributed by atoms with Crippen LogP contribution in [0.25, 0.3) is 0 Å². The number of phenolic OH excluding ortho intramolecular Hbond substituents is 1. The number of aromatic hydroxyl groups is 1. The van der Waals surface area contributed by atoms with E-state index in [1.54, 1.807) is 6.07 Å². The van der Waals surface area contributed by atoms with Crippen molar-refractivity contribution in [2.45, 2.75) is 6.54 Å². The van der Waals surface area contributed by atoms with E-state index in [0.29, 0.717) is 12.3 Å². The summed E-state index contributed by atoms with van der Waals surface area (Å²) in [6.45, 7) is 0.400. The SMILES string of the molecule is COc1ccc(C(=O)NCc2ccc(Br)cc2)c(O)c1. The van der Waals surface area contributed by atoms with Crippen molar-refractivity contribution in [2.24, 2.45) is 0 Å². The molecule has 0 spiro atoms. The van der Waals surface area contributed by atoms with E-state index in [0.717, 1.165) is 10.0 Å². The number of hydrogen-bond acceptors (Lipinski definition) is 3. The number of hydrogen-bond donors (Lipinski definition) is 2. The van der Waals surface area contributed by atoms with E-state index in [2.05, 4.69) is 21.2 Å². The fraction of sp³-hybridized carbons (Fsp3) is 0.133. The average Bonchev–Trinajstić information content (AvgIpc) is 2.46. The predicted octanol–water partition coefficient (Wildman–Crippen LogP) is 3.09. The predicted molar refractivity (Wildman–Crippen MR) is 80.0 cm³/mol. The summed E-state index contributed by atoms with van der Waals surface area (Å²) in [6, 6.07) is 12.2. The van der Waals surface area contributed by atoms with E-state index in [1.807, 2.05) is 24.3 Å². The van der Waals surface area contributed by atoms with Crippen molar-refractivity contribution < 1.29 is 14.6 Å². The quantitative estimate of drug-likeness (QED) is 0.902. The summed E-state index contributed by atoms with van der Waals surface area (Å²) in [6.07, 6.45) is 0. The van der Waals surface area contributed by atoms with E-state index >= 15 is 0 Å². The maximum Gasteiger partial charge on any atom is 0.255 e. The van der Waals surface area contributed by atoms with Crippen LogP contribution in [-0.2, 0) is 6.54 Å². The van der Waals surface area contributed by atoms with E-state index in [9.17, 15) is 9.90 Å². The lowest BCUT2D eigenvalue weighted by Gasteiger charge is -2.08. The Morgan fingerprint density at radius 2 is 1.95 bits per heavy atom. The van der Waals surface area contributed by atoms with Crippen LogP contribution in [0.4, 0.5) is 0 Å². The molecule has 0 unspecified atom stereocenters. The Bertz CT molecular complexity index is 611. The Kier molecular flexibility index (Phi) is 4.63. The lowest BCUT2D eigenvalue weighted by atomic mass is 10.1. The maximum atomic E-state index is 12.0. The first-order valence-corrected chi connectivity index (χ1v) is 6.79. The standard InChI is InChI=1S/C15H14BrNO3/c1-20-12-6-7-13(14(18)8-12)15(19)17-9-10-2-4-11(16)5-3-10/h2-8,18H,9H2,1H3,(H,17,19). The highest BCUT2D eigenvalue weighted by molar-refractivity contribution is 9.10. The van der Waals surface area contributed by atoms with Gasteiger partial charge in [0.1, 0.15) is 11.5 Å². The Morgan fingerprint density at radius 1 is 1.25 bits per heavy atom. The summed E-state index contributed by atoms with van der Waals surface area (Å²) in [5, 5.41) is 12.5. The summed E-state index contributed by atoms with van der Waals surface area (Å²) < 4.78 is 5.96. The third-order valence-electron chi connectivity index (χ3n) is 2.82. The molecule has 0 heterocycles. The van der Waals surface area contributed by atoms with Gasteiger partial charge in [0.25, 0.3) is 5.91 Å². The Labute approximate surface area is 125 Å². The lowest BCUT2D eigenvalue weighted by molar-refractivity contribution is 0.0948. The molecule has 0 aliphatic carbocycles. The van der Waals surface area contributed by atoms with Gasteiger partial charge in [0.2, 0.25) is 0 Å². The van der Waals surface area contributed by atoms with Crippen LogP contribution in [0.15, 0.2) is 46.9 Å². The van der Waals surface area contributed by atoms with Crippen LogP contribution in [0.3, 0.4) is 0 Å². The monoisotopic (exact) mass is 335 g/mol. The second-order valence-corrected chi connectivity index (χ2v) is 5.11. The zero-order valence-corrected chi connectivity index (χ0v) is 12.5. The van der Waals surface area contributed by atoms with Crippen molar-refractivity contribution >= 4 is 21.8 Å². The number of methoxy groups -OCH3 is 1. The van der Waals surface area contributed by atoms with Gasteiger partial charge in [-0.15, -0.1) is 0 Å². The molecule has 0 aliphatic rings. The van der Waals surface area contributed by atoms with Crippen LogP contribution in [0.5, 0.6) is 11.5 Å². The summed E-state index contributed by atoms with van der Waals surface area (Å²) in [5.41, 5.74) is 1.21. The molecule has 5 heteroatoms. The van der Waals surface area contributed by atoms with E-state index in [4.69, 9.17) is 4.74 Å². The van der Waals surface area contributed by atoms with Gasteiger partial charge in [-0.05, 0) is 29.8 Å². The molecule has 2 N–H and O–H groups in total. The van der Waals surface area contributed by atoms with Gasteiger partial charge in [-0.25, -0.2) is 0 Å². The highest BCUT2D eigenvalue weighted by Gasteiger charge is 2.11. The fourth-order valence-electron chi connectivity index (χ4n) is 1.71. The van der Waals surface area contributed by atoms with Gasteiger partial charge in [-0.2, -0.15) is 0 Å². The first kappa shape index (κ1) is 14.4. The van der Waals surface area contributed by atoms with Crippen LogP contribution in [0, 0.1) is 0 Å². The van der Waals surface area contributed by atoms with Crippen LogP contribution in [-0.4, -0.2) is 18.1 Å². The molecule has 2 rings (SSSR count). The van der Waals surface area contributed by atoms with Gasteiger partial charge >= 0.3 is 0 Å². The van der Waals surface area contributed by atoms with Crippen molar-refractivity contribution in [2.75, 3.05) is 7.11 Å². The van der Waals surface area contributed by atoms with Gasteiger partial charge in [0.15, 0.2) is 0 Å². The van der Waals surface area contributed by atoms with E-state index < -0.39 is 0 Å². The molecule has 20 heavy (non-hydrogen) atoms. The molecule has 0 atom stereocenters. The number of benzene rings is 2. The first-order valence-electron chi connectivity index (χ1n) is 6.00. The second-order valence-electron chi connectivity index (χ2n) is 4.19. The molecule has 2 aromatic carbocycles. The molecule has 1 amide bonds. The van der Waals surface area contributed by atoms with Gasteiger partial charge in [0.05, 0.1) is 12.7 Å². The largest absolute Gasteiger partial charge is 0.507 e. The van der Waals surface area contributed by atoms with Gasteiger partial charge in [-0.1, -0.05) is 28.1 Å². The van der Waals surface area contributed by atoms with Crippen molar-refractivity contribution in [1.29, 1.82) is 0 Å². The van der Waals surface area contributed by atoms with Crippen LogP contribution < -0.4 is 10.1 Å². The zero-order chi connectivity index (χ0) is 14.5. The summed E-state index contributed by atoms with van der Waals surface area (Å²) in [7, 11) is 1.50. The fourth-order valence-corrected chi connectivity index (χ4v) is 1.97. The molecular formula is C15H14BrNO3. The minimum atomic E-state index is -0.326. The van der Waals surface area contributed by atoms with Crippen molar-refractivity contribution in [3.8, 4) is 11.5 Å². The number of carbonyl (C=O) groups excluding carboxylic acids is 1. The number of nitrogens with one attached hydrogen (secondary N) is 1. The molecule has 0 saturated carbocycles. The number of rotatable bonds is 4. The van der Waals surface area contributed by atoms with Gasteiger partial charge in [-0.3, -0.25) is 4.79 Å². The second kappa shape index (κ2) is 6.43. The Morgan fingerprint density at radius 3 is 2.55 bits per heavy atom. The first-order chi connectivity index (χ1) is 9.60. The van der Waals surface area contributed by atoms with Crippen LogP contribution in [0.1, 0.15) is 15.9 Å². The number of ether oxygens (including phenoxy) is 1. The molecular weight excluding hydrogens is 322 g/mol. The third kappa shape index (κ3) is 3.51.